The smallest absolute Gasteiger partial charge is 0.307 e. The topological polar surface area (TPSA) is 55.4 Å². The zero-order valence-electron chi connectivity index (χ0n) is 15.2. The summed E-state index contributed by atoms with van der Waals surface area (Å²) >= 11 is 0. The Morgan fingerprint density at radius 2 is 1.72 bits per heavy atom. The Kier molecular flexibility index (Phi) is 6.34. The first-order valence-electron chi connectivity index (χ1n) is 8.49. The highest BCUT2D eigenvalue weighted by Gasteiger charge is 2.20. The SMILES string of the molecule is Cc1ccc(C)c(NC(=O)[C@H](C)OC(=O)C[C@@H](C)c2ccccc2)c1. The molecule has 0 aliphatic heterocycles. The van der Waals surface area contributed by atoms with E-state index in [0.29, 0.717) is 0 Å². The number of nitrogens with one attached hydrogen (secondary N) is 1. The van der Waals surface area contributed by atoms with E-state index >= 15 is 0 Å². The molecule has 1 N–H and O–H groups in total. The number of carbonyl (C=O) groups excluding carboxylic acids is 2. The molecule has 25 heavy (non-hydrogen) atoms. The molecule has 0 aliphatic carbocycles. The third kappa shape index (κ3) is 5.45. The summed E-state index contributed by atoms with van der Waals surface area (Å²) in [5.41, 5.74) is 3.84. The lowest BCUT2D eigenvalue weighted by molar-refractivity contribution is -0.153. The van der Waals surface area contributed by atoms with Crippen molar-refractivity contribution in [3.63, 3.8) is 0 Å². The highest BCUT2D eigenvalue weighted by Crippen LogP contribution is 2.20. The zero-order valence-corrected chi connectivity index (χ0v) is 15.2. The van der Waals surface area contributed by atoms with Gasteiger partial charge >= 0.3 is 5.97 Å². The van der Waals surface area contributed by atoms with Crippen LogP contribution in [0.1, 0.15) is 42.9 Å². The van der Waals surface area contributed by atoms with E-state index in [9.17, 15) is 9.59 Å². The highest BCUT2D eigenvalue weighted by molar-refractivity contribution is 5.95. The fourth-order valence-electron chi connectivity index (χ4n) is 2.55. The minimum absolute atomic E-state index is 0.0444. The molecule has 0 radical (unpaired) electrons. The van der Waals surface area contributed by atoms with Crippen molar-refractivity contribution in [3.05, 3.63) is 65.2 Å². The van der Waals surface area contributed by atoms with Crippen molar-refractivity contribution in [3.8, 4) is 0 Å². The van der Waals surface area contributed by atoms with Crippen molar-refractivity contribution >= 4 is 17.6 Å². The van der Waals surface area contributed by atoms with Crippen LogP contribution >= 0.6 is 0 Å². The first kappa shape index (κ1) is 18.7. The Labute approximate surface area is 149 Å². The first-order chi connectivity index (χ1) is 11.9. The Balaban J connectivity index is 1.90. The van der Waals surface area contributed by atoms with Crippen LogP contribution in [-0.2, 0) is 14.3 Å². The number of ether oxygens (including phenoxy) is 1. The van der Waals surface area contributed by atoms with Gasteiger partial charge < -0.3 is 10.1 Å². The largest absolute Gasteiger partial charge is 0.453 e. The van der Waals surface area contributed by atoms with Crippen LogP contribution in [0.3, 0.4) is 0 Å². The molecule has 0 aromatic heterocycles. The van der Waals surface area contributed by atoms with E-state index in [1.54, 1.807) is 6.92 Å². The molecule has 132 valence electrons. The normalized spacial score (nSPS) is 13.0. The minimum Gasteiger partial charge on any atom is -0.453 e. The number of rotatable bonds is 6. The molecule has 2 aromatic carbocycles. The van der Waals surface area contributed by atoms with Gasteiger partial charge in [0.1, 0.15) is 0 Å². The number of anilines is 1. The summed E-state index contributed by atoms with van der Waals surface area (Å²) in [4.78, 5) is 24.4. The maximum absolute atomic E-state index is 12.3. The van der Waals surface area contributed by atoms with E-state index in [4.69, 9.17) is 4.74 Å². The Hall–Kier alpha value is -2.62. The first-order valence-corrected chi connectivity index (χ1v) is 8.49. The van der Waals surface area contributed by atoms with Gasteiger partial charge in [0.05, 0.1) is 6.42 Å². The molecule has 0 unspecified atom stereocenters. The van der Waals surface area contributed by atoms with Gasteiger partial charge in [0.25, 0.3) is 5.91 Å². The Morgan fingerprint density at radius 3 is 2.40 bits per heavy atom. The molecular weight excluding hydrogens is 314 g/mol. The van der Waals surface area contributed by atoms with Crippen LogP contribution < -0.4 is 5.32 Å². The van der Waals surface area contributed by atoms with Gasteiger partial charge in [-0.05, 0) is 49.4 Å². The van der Waals surface area contributed by atoms with Crippen LogP contribution in [0.25, 0.3) is 0 Å². The number of amides is 1. The number of benzene rings is 2. The number of esters is 1. The molecule has 0 fully saturated rings. The summed E-state index contributed by atoms with van der Waals surface area (Å²) in [5.74, 6) is -0.655. The average Bonchev–Trinajstić information content (AvgIpc) is 2.58. The van der Waals surface area contributed by atoms with Gasteiger partial charge in [-0.1, -0.05) is 49.4 Å². The van der Waals surface area contributed by atoms with Gasteiger partial charge in [0.2, 0.25) is 0 Å². The van der Waals surface area contributed by atoms with Crippen molar-refractivity contribution in [2.45, 2.75) is 46.1 Å². The quantitative estimate of drug-likeness (QED) is 0.795. The number of carbonyl (C=O) groups is 2. The van der Waals surface area contributed by atoms with Crippen molar-refractivity contribution in [2.24, 2.45) is 0 Å². The fraction of sp³-hybridized carbons (Fsp3) is 0.333. The average molecular weight is 339 g/mol. The Bertz CT molecular complexity index is 740. The second-order valence-corrected chi connectivity index (χ2v) is 6.46. The Morgan fingerprint density at radius 1 is 1.04 bits per heavy atom. The molecule has 2 rings (SSSR count). The molecule has 1 amide bonds. The molecule has 0 heterocycles. The lowest BCUT2D eigenvalue weighted by Gasteiger charge is -2.17. The predicted molar refractivity (Wildman–Crippen MR) is 99.6 cm³/mol. The monoisotopic (exact) mass is 339 g/mol. The van der Waals surface area contributed by atoms with E-state index in [1.807, 2.05) is 69.3 Å². The van der Waals surface area contributed by atoms with Crippen molar-refractivity contribution in [1.82, 2.24) is 0 Å². The van der Waals surface area contributed by atoms with Crippen LogP contribution in [0.2, 0.25) is 0 Å². The molecule has 4 heteroatoms. The van der Waals surface area contributed by atoms with Gasteiger partial charge in [0.15, 0.2) is 6.10 Å². The second-order valence-electron chi connectivity index (χ2n) is 6.46. The minimum atomic E-state index is -0.838. The van der Waals surface area contributed by atoms with E-state index in [0.717, 1.165) is 22.4 Å². The van der Waals surface area contributed by atoms with Gasteiger partial charge in [0, 0.05) is 5.69 Å². The lowest BCUT2D eigenvalue weighted by atomic mass is 9.98. The van der Waals surface area contributed by atoms with E-state index < -0.39 is 6.10 Å². The number of aryl methyl sites for hydroxylation is 2. The zero-order chi connectivity index (χ0) is 18.4. The molecule has 2 atom stereocenters. The standard InChI is InChI=1S/C21H25NO3/c1-14-10-11-15(2)19(12-14)22-21(24)17(4)25-20(23)13-16(3)18-8-6-5-7-9-18/h5-12,16-17H,13H2,1-4H3,(H,22,24)/t16-,17+/m1/s1. The third-order valence-electron chi connectivity index (χ3n) is 4.17. The molecule has 2 aromatic rings. The fourth-order valence-corrected chi connectivity index (χ4v) is 2.55. The number of hydrogen-bond acceptors (Lipinski definition) is 3. The predicted octanol–water partition coefficient (Wildman–Crippen LogP) is 4.37. The molecule has 4 nitrogen and oxygen atoms in total. The van der Waals surface area contributed by atoms with Crippen LogP contribution in [0.5, 0.6) is 0 Å². The second kappa shape index (κ2) is 8.47. The third-order valence-corrected chi connectivity index (χ3v) is 4.17. The van der Waals surface area contributed by atoms with Gasteiger partial charge in [-0.2, -0.15) is 0 Å². The number of hydrogen-bond donors (Lipinski definition) is 1. The van der Waals surface area contributed by atoms with Crippen LogP contribution in [-0.4, -0.2) is 18.0 Å². The summed E-state index contributed by atoms with van der Waals surface area (Å²) < 4.78 is 5.30. The van der Waals surface area contributed by atoms with Gasteiger partial charge in [-0.3, -0.25) is 9.59 Å². The van der Waals surface area contributed by atoms with Crippen LogP contribution in [0, 0.1) is 13.8 Å². The van der Waals surface area contributed by atoms with Crippen molar-refractivity contribution in [2.75, 3.05) is 5.32 Å². The highest BCUT2D eigenvalue weighted by atomic mass is 16.5. The summed E-state index contributed by atoms with van der Waals surface area (Å²) in [7, 11) is 0. The molecule has 0 saturated carbocycles. The van der Waals surface area contributed by atoms with Gasteiger partial charge in [-0.25, -0.2) is 0 Å². The van der Waals surface area contributed by atoms with Crippen molar-refractivity contribution < 1.29 is 14.3 Å². The molecule has 0 bridgehead atoms. The molecular formula is C21H25NO3. The molecule has 0 saturated heterocycles. The maximum Gasteiger partial charge on any atom is 0.307 e. The van der Waals surface area contributed by atoms with Crippen LogP contribution in [0.15, 0.2) is 48.5 Å². The summed E-state index contributed by atoms with van der Waals surface area (Å²) in [6, 6.07) is 15.6. The summed E-state index contributed by atoms with van der Waals surface area (Å²) in [5, 5.41) is 2.83. The molecule has 0 spiro atoms. The molecule has 0 aliphatic rings. The van der Waals surface area contributed by atoms with E-state index in [-0.39, 0.29) is 24.2 Å². The maximum atomic E-state index is 12.3. The van der Waals surface area contributed by atoms with E-state index in [1.165, 1.54) is 0 Å². The summed E-state index contributed by atoms with van der Waals surface area (Å²) in [6.45, 7) is 7.44. The lowest BCUT2D eigenvalue weighted by Crippen LogP contribution is -2.30. The summed E-state index contributed by atoms with van der Waals surface area (Å²) in [6.07, 6.45) is -0.596. The van der Waals surface area contributed by atoms with Crippen LogP contribution in [0.4, 0.5) is 5.69 Å². The van der Waals surface area contributed by atoms with E-state index in [2.05, 4.69) is 5.32 Å². The van der Waals surface area contributed by atoms with Crippen molar-refractivity contribution in [1.29, 1.82) is 0 Å². The van der Waals surface area contributed by atoms with Gasteiger partial charge in [-0.15, -0.1) is 0 Å².